The van der Waals surface area contributed by atoms with Crippen molar-refractivity contribution in [3.63, 3.8) is 0 Å². The number of aromatic hydroxyl groups is 1. The quantitative estimate of drug-likeness (QED) is 0.321. The molecule has 0 fully saturated rings. The minimum Gasteiger partial charge on any atom is -0.507 e. The van der Waals surface area contributed by atoms with Gasteiger partial charge in [0.25, 0.3) is 0 Å². The predicted molar refractivity (Wildman–Crippen MR) is 148 cm³/mol. The molecule has 0 unspecified atom stereocenters. The molecule has 3 aromatic rings. The number of rotatable bonds is 8. The summed E-state index contributed by atoms with van der Waals surface area (Å²) >= 11 is 3.25. The lowest BCUT2D eigenvalue weighted by Gasteiger charge is -2.28. The topological polar surface area (TPSA) is 68.8 Å². The van der Waals surface area contributed by atoms with Crippen molar-refractivity contribution in [2.75, 3.05) is 6.61 Å². The Morgan fingerprint density at radius 2 is 1.58 bits per heavy atom. The Balaban J connectivity index is 1.95. The number of carbonyl (C=O) groups excluding carboxylic acids is 1. The van der Waals surface area contributed by atoms with E-state index in [9.17, 15) is 9.90 Å². The number of ketones is 1. The summed E-state index contributed by atoms with van der Waals surface area (Å²) < 4.78 is 14.0. The third kappa shape index (κ3) is 6.30. The van der Waals surface area contributed by atoms with E-state index < -0.39 is 0 Å². The summed E-state index contributed by atoms with van der Waals surface area (Å²) in [5.41, 5.74) is 3.19. The Bertz CT molecular complexity index is 1260. The summed E-state index contributed by atoms with van der Waals surface area (Å²) in [6, 6.07) is 11.6. The minimum atomic E-state index is -0.305. The van der Waals surface area contributed by atoms with Gasteiger partial charge in [0.05, 0.1) is 35.8 Å². The molecule has 194 valence electrons. The molecule has 36 heavy (non-hydrogen) atoms. The van der Waals surface area contributed by atoms with Gasteiger partial charge in [0, 0.05) is 34.6 Å². The molecule has 0 bridgehead atoms. The molecule has 7 heteroatoms. The van der Waals surface area contributed by atoms with Gasteiger partial charge in [-0.2, -0.15) is 4.02 Å². The van der Waals surface area contributed by atoms with Crippen molar-refractivity contribution in [3.05, 3.63) is 76.7 Å². The zero-order chi connectivity index (χ0) is 26.7. The number of benzene rings is 2. The summed E-state index contributed by atoms with van der Waals surface area (Å²) in [6.07, 6.45) is 4.72. The van der Waals surface area contributed by atoms with E-state index in [0.717, 1.165) is 28.9 Å². The molecule has 1 aromatic heterocycles. The van der Waals surface area contributed by atoms with E-state index in [1.807, 2.05) is 99.5 Å². The number of aromatic nitrogens is 2. The van der Waals surface area contributed by atoms with Crippen LogP contribution in [0, 0.1) is 0 Å². The van der Waals surface area contributed by atoms with Crippen molar-refractivity contribution in [1.82, 2.24) is 9.13 Å². The molecule has 0 saturated carbocycles. The van der Waals surface area contributed by atoms with Gasteiger partial charge in [0.2, 0.25) is 5.62 Å². The molecule has 3 rings (SSSR count). The van der Waals surface area contributed by atoms with Crippen LogP contribution in [-0.2, 0) is 23.9 Å². The fourth-order valence-electron chi connectivity index (χ4n) is 4.16. The van der Waals surface area contributed by atoms with Crippen LogP contribution in [0.2, 0.25) is 0 Å². The highest BCUT2D eigenvalue weighted by atomic mass is 79.9. The van der Waals surface area contributed by atoms with Gasteiger partial charge in [-0.05, 0) is 35.4 Å². The molecule has 0 amide bonds. The number of hydrogen-bond donors (Lipinski definition) is 1. The number of phenols is 1. The van der Waals surface area contributed by atoms with E-state index in [4.69, 9.17) is 4.74 Å². The number of carbonyl (C=O) groups is 1. The molecular weight excluding hydrogens is 518 g/mol. The highest BCUT2D eigenvalue weighted by Gasteiger charge is 2.28. The summed E-state index contributed by atoms with van der Waals surface area (Å²) in [5.74, 6) is 1.08. The Morgan fingerprint density at radius 1 is 1.00 bits per heavy atom. The van der Waals surface area contributed by atoms with Crippen LogP contribution in [0.5, 0.6) is 11.5 Å². The highest BCUT2D eigenvalue weighted by molar-refractivity contribution is 9.08. The second-order valence-electron chi connectivity index (χ2n) is 11.2. The van der Waals surface area contributed by atoms with Gasteiger partial charge < -0.3 is 19.0 Å². The van der Waals surface area contributed by atoms with Gasteiger partial charge in [0.1, 0.15) is 11.5 Å². The van der Waals surface area contributed by atoms with Crippen molar-refractivity contribution in [1.29, 1.82) is 0 Å². The van der Waals surface area contributed by atoms with Crippen LogP contribution < -0.4 is 10.4 Å². The largest absolute Gasteiger partial charge is 0.507 e. The van der Waals surface area contributed by atoms with E-state index in [-0.39, 0.29) is 28.9 Å². The van der Waals surface area contributed by atoms with Gasteiger partial charge in [-0.1, -0.05) is 66.7 Å². The summed E-state index contributed by atoms with van der Waals surface area (Å²) in [4.78, 5) is 13.5. The van der Waals surface area contributed by atoms with E-state index in [1.165, 1.54) is 0 Å². The SMILES string of the molecule is CCCOc1ccccc1Cn1ccn(CC(=O)c2cc(C(C)(C)C)c(O)c(C(C)(C)C)c2)c1=NBr. The van der Waals surface area contributed by atoms with Gasteiger partial charge >= 0.3 is 0 Å². The van der Waals surface area contributed by atoms with Crippen LogP contribution in [-0.4, -0.2) is 26.6 Å². The van der Waals surface area contributed by atoms with Crippen molar-refractivity contribution >= 4 is 21.9 Å². The maximum absolute atomic E-state index is 13.5. The van der Waals surface area contributed by atoms with E-state index >= 15 is 0 Å². The fourth-order valence-corrected chi connectivity index (χ4v) is 4.57. The number of hydrogen-bond acceptors (Lipinski definition) is 4. The second-order valence-corrected chi connectivity index (χ2v) is 11.6. The third-order valence-electron chi connectivity index (χ3n) is 6.15. The zero-order valence-corrected chi connectivity index (χ0v) is 24.0. The lowest BCUT2D eigenvalue weighted by atomic mass is 9.78. The summed E-state index contributed by atoms with van der Waals surface area (Å²) in [5, 5.41) is 11.0. The second kappa shape index (κ2) is 11.1. The smallest absolute Gasteiger partial charge is 0.217 e. The number of Topliss-reactive ketones (excluding diaryl/α,β-unsaturated/α-hetero) is 1. The molecule has 0 aliphatic rings. The molecule has 0 saturated heterocycles. The number of imidazole rings is 1. The maximum atomic E-state index is 13.5. The summed E-state index contributed by atoms with van der Waals surface area (Å²) in [7, 11) is 0. The first-order chi connectivity index (χ1) is 16.9. The van der Waals surface area contributed by atoms with Crippen LogP contribution in [0.4, 0.5) is 0 Å². The van der Waals surface area contributed by atoms with Crippen LogP contribution in [0.15, 0.2) is 52.8 Å². The normalized spacial score (nSPS) is 12.7. The molecule has 6 nitrogen and oxygen atoms in total. The zero-order valence-electron chi connectivity index (χ0n) is 22.4. The molecule has 0 spiro atoms. The average molecular weight is 557 g/mol. The van der Waals surface area contributed by atoms with Crippen LogP contribution >= 0.6 is 16.1 Å². The van der Waals surface area contributed by atoms with Gasteiger partial charge in [-0.25, -0.2) is 0 Å². The Kier molecular flexibility index (Phi) is 8.55. The first-order valence-corrected chi connectivity index (χ1v) is 13.1. The summed E-state index contributed by atoms with van der Waals surface area (Å²) in [6.45, 7) is 15.7. The molecule has 0 atom stereocenters. The number of phenolic OH excluding ortho intramolecular Hbond substituents is 1. The average Bonchev–Trinajstić information content (AvgIpc) is 3.17. The maximum Gasteiger partial charge on any atom is 0.217 e. The Hall–Kier alpha value is -2.80. The molecule has 0 aliphatic carbocycles. The third-order valence-corrected chi connectivity index (χ3v) is 6.47. The molecule has 2 aromatic carbocycles. The van der Waals surface area contributed by atoms with Crippen molar-refractivity contribution in [2.45, 2.75) is 78.8 Å². The van der Waals surface area contributed by atoms with Crippen LogP contribution in [0.25, 0.3) is 0 Å². The Labute approximate surface area is 223 Å². The van der Waals surface area contributed by atoms with Gasteiger partial charge in [-0.3, -0.25) is 4.79 Å². The molecule has 0 aliphatic heterocycles. The van der Waals surface area contributed by atoms with Crippen LogP contribution in [0.3, 0.4) is 0 Å². The standard InChI is InChI=1S/C29H38BrN3O3/c1-8-15-36-25-12-10-9-11-20(25)18-32-13-14-33(27(32)31-30)19-24(34)21-16-22(28(2,3)4)26(35)23(17-21)29(5,6)7/h9-14,16-17,35H,8,15,18-19H2,1-7H3. The Morgan fingerprint density at radius 3 is 2.14 bits per heavy atom. The van der Waals surface area contributed by atoms with Crippen molar-refractivity contribution in [2.24, 2.45) is 4.02 Å². The lowest BCUT2D eigenvalue weighted by Crippen LogP contribution is -2.28. The highest BCUT2D eigenvalue weighted by Crippen LogP contribution is 2.39. The van der Waals surface area contributed by atoms with Crippen molar-refractivity contribution in [3.8, 4) is 11.5 Å². The predicted octanol–water partition coefficient (Wildman–Crippen LogP) is 6.52. The van der Waals surface area contributed by atoms with Crippen molar-refractivity contribution < 1.29 is 14.6 Å². The fraction of sp³-hybridized carbons (Fsp3) is 0.448. The molecule has 1 heterocycles. The number of nitrogens with zero attached hydrogens (tertiary/aromatic N) is 3. The number of ether oxygens (including phenoxy) is 1. The molecular formula is C29H38BrN3O3. The van der Waals surface area contributed by atoms with Gasteiger partial charge in [-0.15, -0.1) is 0 Å². The van der Waals surface area contributed by atoms with E-state index in [2.05, 4.69) is 27.1 Å². The monoisotopic (exact) mass is 555 g/mol. The molecule has 0 radical (unpaired) electrons. The number of para-hydroxylation sites is 1. The van der Waals surface area contributed by atoms with Crippen LogP contribution in [0.1, 0.15) is 81.9 Å². The molecule has 1 N–H and O–H groups in total. The number of halogens is 1. The minimum absolute atomic E-state index is 0.0437. The van der Waals surface area contributed by atoms with Gasteiger partial charge in [0.15, 0.2) is 5.78 Å². The first kappa shape index (κ1) is 27.8. The first-order valence-electron chi connectivity index (χ1n) is 12.4. The van der Waals surface area contributed by atoms with E-state index in [0.29, 0.717) is 24.3 Å². The lowest BCUT2D eigenvalue weighted by molar-refractivity contribution is 0.0970. The van der Waals surface area contributed by atoms with E-state index in [1.54, 1.807) is 0 Å².